The van der Waals surface area contributed by atoms with E-state index >= 15 is 0 Å². The molecule has 0 atom stereocenters. The Hall–Kier alpha value is -1.07. The van der Waals surface area contributed by atoms with E-state index in [9.17, 15) is 4.79 Å². The molecule has 4 nitrogen and oxygen atoms in total. The molecular formula is C11H16BrN3O. The zero-order valence-corrected chi connectivity index (χ0v) is 10.6. The molecule has 1 aromatic rings. The van der Waals surface area contributed by atoms with Crippen molar-refractivity contribution in [1.82, 2.24) is 5.32 Å². The number of nitrogens with one attached hydrogen (secondary N) is 2. The van der Waals surface area contributed by atoms with Crippen LogP contribution < -0.4 is 16.4 Å². The van der Waals surface area contributed by atoms with Crippen LogP contribution in [0.25, 0.3) is 0 Å². The number of nitrogens with two attached hydrogens (primary N) is 1. The predicted octanol–water partition coefficient (Wildman–Crippen LogP) is 2.31. The van der Waals surface area contributed by atoms with Crippen LogP contribution in [0.4, 0.5) is 10.5 Å². The van der Waals surface area contributed by atoms with Gasteiger partial charge in [-0.05, 0) is 43.7 Å². The Kier molecular flexibility index (Phi) is 5.88. The molecule has 4 N–H and O–H groups in total. The van der Waals surface area contributed by atoms with Crippen LogP contribution in [0, 0.1) is 0 Å². The third-order valence-electron chi connectivity index (χ3n) is 2.02. The first-order valence-corrected chi connectivity index (χ1v) is 6.02. The highest BCUT2D eigenvalue weighted by molar-refractivity contribution is 9.10. The van der Waals surface area contributed by atoms with Crippen LogP contribution in [0.2, 0.25) is 0 Å². The molecule has 16 heavy (non-hydrogen) atoms. The van der Waals surface area contributed by atoms with Gasteiger partial charge in [-0.25, -0.2) is 4.79 Å². The number of carbonyl (C=O) groups excluding carboxylic acids is 1. The van der Waals surface area contributed by atoms with E-state index in [1.165, 1.54) is 0 Å². The van der Waals surface area contributed by atoms with Gasteiger partial charge < -0.3 is 16.4 Å². The van der Waals surface area contributed by atoms with Gasteiger partial charge in [0.1, 0.15) is 0 Å². The molecule has 0 unspecified atom stereocenters. The van der Waals surface area contributed by atoms with Crippen molar-refractivity contribution in [3.63, 3.8) is 0 Å². The zero-order chi connectivity index (χ0) is 11.8. The number of amides is 2. The van der Waals surface area contributed by atoms with Crippen LogP contribution in [-0.2, 0) is 0 Å². The SMILES string of the molecule is NCCCCNC(=O)Nc1ccc(Br)cc1. The van der Waals surface area contributed by atoms with Gasteiger partial charge in [0, 0.05) is 16.7 Å². The smallest absolute Gasteiger partial charge is 0.319 e. The summed E-state index contributed by atoms with van der Waals surface area (Å²) in [6, 6.07) is 7.25. The Morgan fingerprint density at radius 2 is 1.94 bits per heavy atom. The van der Waals surface area contributed by atoms with Crippen LogP contribution in [0.3, 0.4) is 0 Å². The number of hydrogen-bond donors (Lipinski definition) is 3. The van der Waals surface area contributed by atoms with Gasteiger partial charge in [0.05, 0.1) is 0 Å². The molecule has 0 radical (unpaired) electrons. The van der Waals surface area contributed by atoms with Crippen LogP contribution in [0.15, 0.2) is 28.7 Å². The largest absolute Gasteiger partial charge is 0.338 e. The molecule has 1 rings (SSSR count). The molecule has 5 heteroatoms. The number of anilines is 1. The Labute approximate surface area is 104 Å². The number of rotatable bonds is 5. The van der Waals surface area contributed by atoms with Gasteiger partial charge >= 0.3 is 6.03 Å². The first-order valence-electron chi connectivity index (χ1n) is 5.23. The summed E-state index contributed by atoms with van der Waals surface area (Å²) in [6.45, 7) is 1.32. The molecule has 0 fully saturated rings. The Morgan fingerprint density at radius 3 is 2.56 bits per heavy atom. The zero-order valence-electron chi connectivity index (χ0n) is 9.00. The number of unbranched alkanes of at least 4 members (excludes halogenated alkanes) is 1. The quantitative estimate of drug-likeness (QED) is 0.727. The fraction of sp³-hybridized carbons (Fsp3) is 0.364. The highest BCUT2D eigenvalue weighted by Gasteiger charge is 1.99. The summed E-state index contributed by atoms with van der Waals surface area (Å²) < 4.78 is 0.987. The van der Waals surface area contributed by atoms with E-state index < -0.39 is 0 Å². The summed E-state index contributed by atoms with van der Waals surface area (Å²) in [6.07, 6.45) is 1.84. The second-order valence-electron chi connectivity index (χ2n) is 3.38. The highest BCUT2D eigenvalue weighted by atomic mass is 79.9. The van der Waals surface area contributed by atoms with Gasteiger partial charge in [-0.15, -0.1) is 0 Å². The molecule has 0 bridgehead atoms. The maximum absolute atomic E-state index is 11.4. The van der Waals surface area contributed by atoms with Crippen molar-refractivity contribution in [2.24, 2.45) is 5.73 Å². The van der Waals surface area contributed by atoms with E-state index in [0.29, 0.717) is 13.1 Å². The van der Waals surface area contributed by atoms with Crippen molar-refractivity contribution in [1.29, 1.82) is 0 Å². The number of hydrogen-bond acceptors (Lipinski definition) is 2. The van der Waals surface area contributed by atoms with E-state index in [2.05, 4.69) is 26.6 Å². The molecule has 1 aromatic carbocycles. The van der Waals surface area contributed by atoms with E-state index in [1.54, 1.807) is 0 Å². The van der Waals surface area contributed by atoms with Crippen molar-refractivity contribution in [3.05, 3.63) is 28.7 Å². The Bertz CT molecular complexity index is 327. The maximum Gasteiger partial charge on any atom is 0.319 e. The van der Waals surface area contributed by atoms with Gasteiger partial charge in [-0.1, -0.05) is 15.9 Å². The number of benzene rings is 1. The van der Waals surface area contributed by atoms with Gasteiger partial charge in [0.2, 0.25) is 0 Å². The minimum Gasteiger partial charge on any atom is -0.338 e. The highest BCUT2D eigenvalue weighted by Crippen LogP contribution is 2.13. The van der Waals surface area contributed by atoms with Gasteiger partial charge in [-0.3, -0.25) is 0 Å². The molecule has 2 amide bonds. The topological polar surface area (TPSA) is 67.1 Å². The van der Waals surface area contributed by atoms with Gasteiger partial charge in [-0.2, -0.15) is 0 Å². The van der Waals surface area contributed by atoms with Crippen LogP contribution >= 0.6 is 15.9 Å². The fourth-order valence-corrected chi connectivity index (χ4v) is 1.44. The number of urea groups is 1. The lowest BCUT2D eigenvalue weighted by Crippen LogP contribution is -2.29. The normalized spacial score (nSPS) is 9.88. The summed E-state index contributed by atoms with van der Waals surface area (Å²) >= 11 is 3.33. The molecule has 0 spiro atoms. The summed E-state index contributed by atoms with van der Waals surface area (Å²) in [5, 5.41) is 5.51. The molecule has 0 aliphatic heterocycles. The summed E-state index contributed by atoms with van der Waals surface area (Å²) in [4.78, 5) is 11.4. The lowest BCUT2D eigenvalue weighted by molar-refractivity contribution is 0.252. The molecule has 88 valence electrons. The van der Waals surface area contributed by atoms with Crippen molar-refractivity contribution < 1.29 is 4.79 Å². The lowest BCUT2D eigenvalue weighted by atomic mass is 10.3. The Balaban J connectivity index is 2.26. The molecule has 0 saturated heterocycles. The monoisotopic (exact) mass is 285 g/mol. The van der Waals surface area contributed by atoms with Gasteiger partial charge in [0.15, 0.2) is 0 Å². The Morgan fingerprint density at radius 1 is 1.25 bits per heavy atom. The van der Waals surface area contributed by atoms with Crippen LogP contribution in [0.1, 0.15) is 12.8 Å². The summed E-state index contributed by atoms with van der Waals surface area (Å²) in [5.41, 5.74) is 6.13. The summed E-state index contributed by atoms with van der Waals surface area (Å²) in [7, 11) is 0. The first-order chi connectivity index (χ1) is 7.72. The molecule has 0 saturated carbocycles. The van der Waals surface area contributed by atoms with E-state index in [4.69, 9.17) is 5.73 Å². The van der Waals surface area contributed by atoms with Crippen molar-refractivity contribution in [3.8, 4) is 0 Å². The average molecular weight is 286 g/mol. The summed E-state index contributed by atoms with van der Waals surface area (Å²) in [5.74, 6) is 0. The first kappa shape index (κ1) is 13.0. The average Bonchev–Trinajstić information content (AvgIpc) is 2.28. The molecule has 0 aliphatic carbocycles. The van der Waals surface area contributed by atoms with Crippen molar-refractivity contribution in [2.45, 2.75) is 12.8 Å². The predicted molar refractivity (Wildman–Crippen MR) is 69.5 cm³/mol. The van der Waals surface area contributed by atoms with E-state index in [1.807, 2.05) is 24.3 Å². The third-order valence-corrected chi connectivity index (χ3v) is 2.55. The minimum absolute atomic E-state index is 0.181. The molecule has 0 aliphatic rings. The van der Waals surface area contributed by atoms with Crippen molar-refractivity contribution >= 4 is 27.6 Å². The number of carbonyl (C=O) groups is 1. The third kappa shape index (κ3) is 5.14. The second-order valence-corrected chi connectivity index (χ2v) is 4.30. The van der Waals surface area contributed by atoms with E-state index in [-0.39, 0.29) is 6.03 Å². The molecule has 0 heterocycles. The molecule has 0 aromatic heterocycles. The second kappa shape index (κ2) is 7.24. The maximum atomic E-state index is 11.4. The fourth-order valence-electron chi connectivity index (χ4n) is 1.18. The molecular weight excluding hydrogens is 270 g/mol. The lowest BCUT2D eigenvalue weighted by Gasteiger charge is -2.07. The minimum atomic E-state index is -0.181. The van der Waals surface area contributed by atoms with Crippen molar-refractivity contribution in [2.75, 3.05) is 18.4 Å². The van der Waals surface area contributed by atoms with Crippen LogP contribution in [-0.4, -0.2) is 19.1 Å². The number of halogens is 1. The van der Waals surface area contributed by atoms with Crippen LogP contribution in [0.5, 0.6) is 0 Å². The van der Waals surface area contributed by atoms with Gasteiger partial charge in [0.25, 0.3) is 0 Å². The standard InChI is InChI=1S/C11H16BrN3O/c12-9-3-5-10(6-4-9)15-11(16)14-8-2-1-7-13/h3-6H,1-2,7-8,13H2,(H2,14,15,16). The van der Waals surface area contributed by atoms with E-state index in [0.717, 1.165) is 23.0 Å².